The van der Waals surface area contributed by atoms with Crippen molar-refractivity contribution in [2.75, 3.05) is 33.9 Å². The van der Waals surface area contributed by atoms with Crippen molar-refractivity contribution < 1.29 is 14.3 Å². The lowest BCUT2D eigenvalue weighted by molar-refractivity contribution is -0.137. The van der Waals surface area contributed by atoms with E-state index in [0.29, 0.717) is 6.54 Å². The van der Waals surface area contributed by atoms with Gasteiger partial charge in [-0.05, 0) is 49.5 Å². The number of hydrogen-bond acceptors (Lipinski definition) is 4. The Kier molecular flexibility index (Phi) is 8.79. The van der Waals surface area contributed by atoms with Crippen LogP contribution in [0, 0.1) is 5.92 Å². The Morgan fingerprint density at radius 3 is 2.14 bits per heavy atom. The molecule has 35 heavy (non-hydrogen) atoms. The van der Waals surface area contributed by atoms with E-state index in [1.807, 2.05) is 36.4 Å². The molecule has 0 unspecified atom stereocenters. The number of nitrogens with zero attached hydrogens (tertiary/aromatic N) is 2. The van der Waals surface area contributed by atoms with E-state index in [1.165, 1.54) is 11.1 Å². The lowest BCUT2D eigenvalue weighted by atomic mass is 9.94. The van der Waals surface area contributed by atoms with Gasteiger partial charge in [-0.3, -0.25) is 9.69 Å². The molecule has 1 saturated heterocycles. The molecule has 0 aromatic heterocycles. The summed E-state index contributed by atoms with van der Waals surface area (Å²) in [5.41, 5.74) is 3.56. The Morgan fingerprint density at radius 1 is 0.857 bits per heavy atom. The molecule has 0 radical (unpaired) electrons. The highest BCUT2D eigenvalue weighted by molar-refractivity contribution is 5.79. The topological polar surface area (TPSA) is 42.0 Å². The number of rotatable bonds is 10. The molecule has 1 amide bonds. The van der Waals surface area contributed by atoms with Crippen LogP contribution >= 0.6 is 0 Å². The second-order valence-electron chi connectivity index (χ2n) is 9.18. The number of hydrogen-bond donors (Lipinski definition) is 0. The summed E-state index contributed by atoms with van der Waals surface area (Å²) in [5, 5.41) is 0. The van der Waals surface area contributed by atoms with Gasteiger partial charge in [0.15, 0.2) is 11.5 Å². The van der Waals surface area contributed by atoms with Crippen LogP contribution in [-0.2, 0) is 24.3 Å². The fourth-order valence-electron chi connectivity index (χ4n) is 4.90. The maximum absolute atomic E-state index is 13.6. The molecule has 1 fully saturated rings. The van der Waals surface area contributed by atoms with Crippen LogP contribution in [0.15, 0.2) is 78.9 Å². The van der Waals surface area contributed by atoms with Crippen molar-refractivity contribution in [1.29, 1.82) is 0 Å². The van der Waals surface area contributed by atoms with Gasteiger partial charge in [-0.1, -0.05) is 72.8 Å². The number of carbonyl (C=O) groups is 1. The molecule has 0 atom stereocenters. The standard InChI is InChI=1S/C30H36N2O3/c1-34-28-15-9-14-27(29(28)35-2)23-31-19-17-26(18-20-31)30(33)32(22-25-12-7-4-8-13-25)21-16-24-10-5-3-6-11-24/h3-15,26H,16-23H2,1-2H3. The quantitative estimate of drug-likeness (QED) is 0.407. The maximum atomic E-state index is 13.6. The predicted molar refractivity (Wildman–Crippen MR) is 140 cm³/mol. The van der Waals surface area contributed by atoms with Crippen LogP contribution in [0.1, 0.15) is 29.5 Å². The van der Waals surface area contributed by atoms with Gasteiger partial charge in [0.05, 0.1) is 14.2 Å². The van der Waals surface area contributed by atoms with Crippen molar-refractivity contribution >= 4 is 5.91 Å². The van der Waals surface area contributed by atoms with Crippen LogP contribution < -0.4 is 9.47 Å². The van der Waals surface area contributed by atoms with Crippen LogP contribution in [0.25, 0.3) is 0 Å². The number of methoxy groups -OCH3 is 2. The minimum absolute atomic E-state index is 0.0675. The number of carbonyl (C=O) groups excluding carboxylic acids is 1. The molecule has 0 saturated carbocycles. The van der Waals surface area contributed by atoms with Crippen LogP contribution in [0.2, 0.25) is 0 Å². The Balaban J connectivity index is 1.38. The van der Waals surface area contributed by atoms with Crippen molar-refractivity contribution in [2.45, 2.75) is 32.4 Å². The summed E-state index contributed by atoms with van der Waals surface area (Å²) in [4.78, 5) is 18.1. The fourth-order valence-corrected chi connectivity index (χ4v) is 4.90. The van der Waals surface area contributed by atoms with Crippen LogP contribution in [0.3, 0.4) is 0 Å². The van der Waals surface area contributed by atoms with Crippen molar-refractivity contribution in [1.82, 2.24) is 9.80 Å². The average Bonchev–Trinajstić information content (AvgIpc) is 2.92. The molecular weight excluding hydrogens is 436 g/mol. The molecule has 0 spiro atoms. The first-order valence-electron chi connectivity index (χ1n) is 12.5. The average molecular weight is 473 g/mol. The Bertz CT molecular complexity index is 1060. The second kappa shape index (κ2) is 12.4. The van der Waals surface area contributed by atoms with E-state index in [4.69, 9.17) is 9.47 Å². The Labute approximate surface area is 209 Å². The van der Waals surface area contributed by atoms with Crippen molar-refractivity contribution in [3.05, 3.63) is 95.6 Å². The minimum atomic E-state index is 0.0675. The zero-order valence-corrected chi connectivity index (χ0v) is 20.9. The highest BCUT2D eigenvalue weighted by Crippen LogP contribution is 2.32. The summed E-state index contributed by atoms with van der Waals surface area (Å²) < 4.78 is 11.1. The summed E-state index contributed by atoms with van der Waals surface area (Å²) in [5.74, 6) is 1.90. The van der Waals surface area contributed by atoms with E-state index in [9.17, 15) is 4.79 Å². The Hall–Kier alpha value is -3.31. The molecule has 0 N–H and O–H groups in total. The van der Waals surface area contributed by atoms with Gasteiger partial charge in [0.2, 0.25) is 5.91 Å². The van der Waals surface area contributed by atoms with E-state index in [0.717, 1.165) is 62.5 Å². The van der Waals surface area contributed by atoms with Crippen molar-refractivity contribution in [3.63, 3.8) is 0 Å². The van der Waals surface area contributed by atoms with Gasteiger partial charge in [0.1, 0.15) is 0 Å². The number of para-hydroxylation sites is 1. The summed E-state index contributed by atoms with van der Waals surface area (Å²) in [6.07, 6.45) is 2.62. The number of likely N-dealkylation sites (tertiary alicyclic amines) is 1. The third-order valence-corrected chi connectivity index (χ3v) is 6.86. The zero-order valence-electron chi connectivity index (χ0n) is 20.9. The first-order valence-corrected chi connectivity index (χ1v) is 12.5. The van der Waals surface area contributed by atoms with Crippen LogP contribution in [0.5, 0.6) is 11.5 Å². The molecule has 184 valence electrons. The van der Waals surface area contributed by atoms with E-state index in [-0.39, 0.29) is 11.8 Å². The van der Waals surface area contributed by atoms with E-state index >= 15 is 0 Å². The summed E-state index contributed by atoms with van der Waals surface area (Å²) in [7, 11) is 3.35. The molecule has 0 bridgehead atoms. The first-order chi connectivity index (χ1) is 17.2. The highest BCUT2D eigenvalue weighted by Gasteiger charge is 2.29. The molecule has 3 aromatic carbocycles. The molecule has 0 aliphatic carbocycles. The zero-order chi connectivity index (χ0) is 24.5. The molecule has 5 nitrogen and oxygen atoms in total. The minimum Gasteiger partial charge on any atom is -0.493 e. The summed E-state index contributed by atoms with van der Waals surface area (Å²) in [6, 6.07) is 26.7. The third kappa shape index (κ3) is 6.64. The lowest BCUT2D eigenvalue weighted by Gasteiger charge is -2.34. The smallest absolute Gasteiger partial charge is 0.226 e. The first kappa shape index (κ1) is 24.8. The lowest BCUT2D eigenvalue weighted by Crippen LogP contribution is -2.42. The van der Waals surface area contributed by atoms with Gasteiger partial charge in [0.25, 0.3) is 0 Å². The number of ether oxygens (including phenoxy) is 2. The third-order valence-electron chi connectivity index (χ3n) is 6.86. The molecular formula is C30H36N2O3. The monoisotopic (exact) mass is 472 g/mol. The van der Waals surface area contributed by atoms with Crippen molar-refractivity contribution in [3.8, 4) is 11.5 Å². The van der Waals surface area contributed by atoms with E-state index < -0.39 is 0 Å². The van der Waals surface area contributed by atoms with E-state index in [2.05, 4.69) is 52.3 Å². The maximum Gasteiger partial charge on any atom is 0.226 e. The predicted octanol–water partition coefficient (Wildman–Crippen LogP) is 5.19. The highest BCUT2D eigenvalue weighted by atomic mass is 16.5. The molecule has 1 aliphatic rings. The van der Waals surface area contributed by atoms with Gasteiger partial charge in [-0.25, -0.2) is 0 Å². The molecule has 5 heteroatoms. The molecule has 1 aliphatic heterocycles. The summed E-state index contributed by atoms with van der Waals surface area (Å²) in [6.45, 7) is 3.99. The SMILES string of the molecule is COc1cccc(CN2CCC(C(=O)N(CCc3ccccc3)Cc3ccccc3)CC2)c1OC. The van der Waals surface area contributed by atoms with E-state index in [1.54, 1.807) is 14.2 Å². The largest absolute Gasteiger partial charge is 0.493 e. The number of amides is 1. The molecule has 3 aromatic rings. The molecule has 1 heterocycles. The number of benzene rings is 3. The van der Waals surface area contributed by atoms with Gasteiger partial charge in [-0.2, -0.15) is 0 Å². The second-order valence-corrected chi connectivity index (χ2v) is 9.18. The normalized spacial score (nSPS) is 14.5. The van der Waals surface area contributed by atoms with Gasteiger partial charge in [0, 0.05) is 31.1 Å². The number of piperidine rings is 1. The van der Waals surface area contributed by atoms with Crippen molar-refractivity contribution in [2.24, 2.45) is 5.92 Å². The fraction of sp³-hybridized carbons (Fsp3) is 0.367. The molecule has 4 rings (SSSR count). The van der Waals surface area contributed by atoms with Gasteiger partial charge in [-0.15, -0.1) is 0 Å². The van der Waals surface area contributed by atoms with Gasteiger partial charge >= 0.3 is 0 Å². The van der Waals surface area contributed by atoms with Crippen LogP contribution in [-0.4, -0.2) is 49.6 Å². The van der Waals surface area contributed by atoms with Crippen LogP contribution in [0.4, 0.5) is 0 Å². The Morgan fingerprint density at radius 2 is 1.51 bits per heavy atom. The summed E-state index contributed by atoms with van der Waals surface area (Å²) >= 11 is 0. The van der Waals surface area contributed by atoms with Gasteiger partial charge < -0.3 is 14.4 Å².